The Bertz CT molecular complexity index is 453. The molecule has 0 aliphatic heterocycles. The van der Waals surface area contributed by atoms with E-state index in [0.29, 0.717) is 11.5 Å². The number of nitrogens with zero attached hydrogens (tertiary/aromatic N) is 3. The van der Waals surface area contributed by atoms with Crippen molar-refractivity contribution in [2.45, 2.75) is 19.8 Å². The predicted octanol–water partition coefficient (Wildman–Crippen LogP) is 1.79. The molecule has 0 unspecified atom stereocenters. The Balaban J connectivity index is 2.33. The van der Waals surface area contributed by atoms with Crippen LogP contribution in [0, 0.1) is 0 Å². The van der Waals surface area contributed by atoms with Crippen LogP contribution in [0.25, 0.3) is 11.6 Å². The molecule has 1 N–H and O–H groups in total. The number of hydrogen-bond acceptors (Lipinski definition) is 5. The van der Waals surface area contributed by atoms with E-state index < -0.39 is 0 Å². The molecule has 0 spiro atoms. The van der Waals surface area contributed by atoms with Gasteiger partial charge >= 0.3 is 0 Å². The van der Waals surface area contributed by atoms with Gasteiger partial charge in [0, 0.05) is 12.6 Å². The van der Waals surface area contributed by atoms with E-state index in [9.17, 15) is 5.11 Å². The Morgan fingerprint density at radius 2 is 2.33 bits per heavy atom. The monoisotopic (exact) mass is 205 g/mol. The van der Waals surface area contributed by atoms with Gasteiger partial charge in [0.05, 0.1) is 0 Å². The van der Waals surface area contributed by atoms with Crippen LogP contribution in [0.2, 0.25) is 0 Å². The predicted molar refractivity (Wildman–Crippen MR) is 53.2 cm³/mol. The maximum Gasteiger partial charge on any atom is 0.280 e. The van der Waals surface area contributed by atoms with Crippen LogP contribution >= 0.6 is 0 Å². The maximum absolute atomic E-state index is 9.51. The molecule has 0 bridgehead atoms. The Labute approximate surface area is 86.8 Å². The van der Waals surface area contributed by atoms with Crippen molar-refractivity contribution in [2.75, 3.05) is 0 Å². The minimum atomic E-state index is 0.0456. The van der Waals surface area contributed by atoms with Gasteiger partial charge in [0.1, 0.15) is 5.75 Å². The van der Waals surface area contributed by atoms with Gasteiger partial charge in [-0.25, -0.2) is 4.98 Å². The molecule has 2 rings (SSSR count). The van der Waals surface area contributed by atoms with Crippen molar-refractivity contribution in [1.82, 2.24) is 15.1 Å². The van der Waals surface area contributed by atoms with Gasteiger partial charge in [0.2, 0.25) is 0 Å². The van der Waals surface area contributed by atoms with Crippen LogP contribution in [0.15, 0.2) is 22.9 Å². The lowest BCUT2D eigenvalue weighted by atomic mass is 10.3. The van der Waals surface area contributed by atoms with E-state index in [4.69, 9.17) is 4.52 Å². The van der Waals surface area contributed by atoms with E-state index in [1.807, 2.05) is 6.92 Å². The summed E-state index contributed by atoms with van der Waals surface area (Å²) in [5.74, 6) is 0.943. The quantitative estimate of drug-likeness (QED) is 0.826. The highest BCUT2D eigenvalue weighted by molar-refractivity contribution is 5.55. The fourth-order valence-corrected chi connectivity index (χ4v) is 1.24. The van der Waals surface area contributed by atoms with Crippen LogP contribution in [-0.2, 0) is 6.42 Å². The molecule has 2 heterocycles. The van der Waals surface area contributed by atoms with Crippen molar-refractivity contribution in [1.29, 1.82) is 0 Å². The zero-order chi connectivity index (χ0) is 10.7. The Morgan fingerprint density at radius 3 is 3.07 bits per heavy atom. The summed E-state index contributed by atoms with van der Waals surface area (Å²) in [6.45, 7) is 2.04. The van der Waals surface area contributed by atoms with Crippen molar-refractivity contribution < 1.29 is 9.63 Å². The molecule has 0 atom stereocenters. The molecule has 0 aliphatic rings. The second-order valence-corrected chi connectivity index (χ2v) is 3.14. The smallest absolute Gasteiger partial charge is 0.280 e. The molecule has 5 nitrogen and oxygen atoms in total. The fourth-order valence-electron chi connectivity index (χ4n) is 1.24. The first-order chi connectivity index (χ1) is 7.31. The molecule has 0 aliphatic carbocycles. The Hall–Kier alpha value is -1.91. The van der Waals surface area contributed by atoms with Crippen LogP contribution in [0.1, 0.15) is 19.2 Å². The second-order valence-electron chi connectivity index (χ2n) is 3.14. The summed E-state index contributed by atoms with van der Waals surface area (Å²) in [4.78, 5) is 8.11. The third-order valence-electron chi connectivity index (χ3n) is 1.93. The molecule has 0 saturated heterocycles. The minimum Gasteiger partial charge on any atom is -0.505 e. The number of aromatic hydroxyl groups is 1. The first-order valence-corrected chi connectivity index (χ1v) is 4.78. The number of pyridine rings is 1. The van der Waals surface area contributed by atoms with Crippen LogP contribution in [-0.4, -0.2) is 20.2 Å². The maximum atomic E-state index is 9.51. The molecule has 0 amide bonds. The summed E-state index contributed by atoms with van der Waals surface area (Å²) in [6.07, 6.45) is 3.28. The van der Waals surface area contributed by atoms with Crippen molar-refractivity contribution in [2.24, 2.45) is 0 Å². The van der Waals surface area contributed by atoms with Crippen molar-refractivity contribution >= 4 is 0 Å². The summed E-state index contributed by atoms with van der Waals surface area (Å²) in [5.41, 5.74) is 0.326. The average molecular weight is 205 g/mol. The molecule has 78 valence electrons. The van der Waals surface area contributed by atoms with Gasteiger partial charge in [-0.3, -0.25) is 0 Å². The normalized spacial score (nSPS) is 10.5. The summed E-state index contributed by atoms with van der Waals surface area (Å²) in [7, 11) is 0. The fraction of sp³-hybridized carbons (Fsp3) is 0.300. The van der Waals surface area contributed by atoms with Crippen LogP contribution in [0.4, 0.5) is 0 Å². The standard InChI is InChI=1S/C10H11N3O2/c1-2-4-8-12-10(15-13-8)9-7(14)5-3-6-11-9/h3,5-6,14H,2,4H2,1H3. The highest BCUT2D eigenvalue weighted by atomic mass is 16.5. The Morgan fingerprint density at radius 1 is 1.47 bits per heavy atom. The molecular formula is C10H11N3O2. The molecule has 2 aromatic rings. The summed E-state index contributed by atoms with van der Waals surface area (Å²) >= 11 is 0. The lowest BCUT2D eigenvalue weighted by molar-refractivity contribution is 0.415. The molecule has 0 radical (unpaired) electrons. The van der Waals surface area contributed by atoms with Crippen LogP contribution in [0.5, 0.6) is 5.75 Å². The number of rotatable bonds is 3. The summed E-state index contributed by atoms with van der Waals surface area (Å²) in [6, 6.07) is 3.17. The van der Waals surface area contributed by atoms with Crippen LogP contribution in [0.3, 0.4) is 0 Å². The summed E-state index contributed by atoms with van der Waals surface area (Å²) < 4.78 is 5.00. The number of aromatic nitrogens is 3. The second kappa shape index (κ2) is 4.08. The summed E-state index contributed by atoms with van der Waals surface area (Å²) in [5, 5.41) is 13.3. The topological polar surface area (TPSA) is 72.0 Å². The van der Waals surface area contributed by atoms with Gasteiger partial charge in [-0.05, 0) is 18.6 Å². The van der Waals surface area contributed by atoms with E-state index in [0.717, 1.165) is 12.8 Å². The molecule has 15 heavy (non-hydrogen) atoms. The Kier molecular flexibility index (Phi) is 2.62. The van der Waals surface area contributed by atoms with Gasteiger partial charge < -0.3 is 9.63 Å². The third-order valence-corrected chi connectivity index (χ3v) is 1.93. The zero-order valence-electron chi connectivity index (χ0n) is 8.34. The van der Waals surface area contributed by atoms with Crippen LogP contribution < -0.4 is 0 Å². The average Bonchev–Trinajstić information content (AvgIpc) is 2.68. The van der Waals surface area contributed by atoms with Gasteiger partial charge in [-0.15, -0.1) is 0 Å². The highest BCUT2D eigenvalue weighted by Gasteiger charge is 2.12. The highest BCUT2D eigenvalue weighted by Crippen LogP contribution is 2.24. The largest absolute Gasteiger partial charge is 0.505 e. The molecule has 2 aromatic heterocycles. The van der Waals surface area contributed by atoms with Gasteiger partial charge in [-0.2, -0.15) is 4.98 Å². The van der Waals surface area contributed by atoms with E-state index in [1.165, 1.54) is 6.07 Å². The molecule has 0 saturated carbocycles. The molecular weight excluding hydrogens is 194 g/mol. The third kappa shape index (κ3) is 1.96. The lowest BCUT2D eigenvalue weighted by Crippen LogP contribution is -1.87. The van der Waals surface area contributed by atoms with Crippen molar-refractivity contribution in [3.05, 3.63) is 24.2 Å². The first kappa shape index (κ1) is 9.64. The number of aryl methyl sites for hydroxylation is 1. The first-order valence-electron chi connectivity index (χ1n) is 4.78. The lowest BCUT2D eigenvalue weighted by Gasteiger charge is -1.95. The molecule has 5 heteroatoms. The molecule has 0 aromatic carbocycles. The molecule has 0 fully saturated rings. The van der Waals surface area contributed by atoms with E-state index in [-0.39, 0.29) is 11.6 Å². The SMILES string of the molecule is CCCc1noc(-c2ncccc2O)n1. The minimum absolute atomic E-state index is 0.0456. The zero-order valence-corrected chi connectivity index (χ0v) is 8.34. The van der Waals surface area contributed by atoms with E-state index in [1.54, 1.807) is 12.3 Å². The van der Waals surface area contributed by atoms with E-state index in [2.05, 4.69) is 15.1 Å². The van der Waals surface area contributed by atoms with Crippen molar-refractivity contribution in [3.63, 3.8) is 0 Å². The number of hydrogen-bond donors (Lipinski definition) is 1. The van der Waals surface area contributed by atoms with Gasteiger partial charge in [0.25, 0.3) is 5.89 Å². The van der Waals surface area contributed by atoms with Gasteiger partial charge in [0.15, 0.2) is 11.5 Å². The van der Waals surface area contributed by atoms with E-state index >= 15 is 0 Å². The van der Waals surface area contributed by atoms with Crippen molar-refractivity contribution in [3.8, 4) is 17.3 Å². The van der Waals surface area contributed by atoms with Gasteiger partial charge in [-0.1, -0.05) is 12.1 Å².